The first-order valence-corrected chi connectivity index (χ1v) is 42.7. The van der Waals surface area contributed by atoms with Crippen LogP contribution in [0.25, 0.3) is 0 Å². The summed E-state index contributed by atoms with van der Waals surface area (Å²) in [5, 5.41) is 80.5. The third-order valence-electron chi connectivity index (χ3n) is 23.5. The van der Waals surface area contributed by atoms with Crippen molar-refractivity contribution in [2.45, 2.75) is 286 Å². The van der Waals surface area contributed by atoms with Gasteiger partial charge in [-0.1, -0.05) is 269 Å². The lowest BCUT2D eigenvalue weighted by atomic mass is 9.78. The lowest BCUT2D eigenvalue weighted by Gasteiger charge is -2.31. The van der Waals surface area contributed by atoms with E-state index in [-0.39, 0.29) is 181 Å². The van der Waals surface area contributed by atoms with Gasteiger partial charge < -0.3 is 76.9 Å². The van der Waals surface area contributed by atoms with Crippen LogP contribution in [-0.4, -0.2) is 47.6 Å². The van der Waals surface area contributed by atoms with Gasteiger partial charge in [0.25, 0.3) is 0 Å². The van der Waals surface area contributed by atoms with Crippen molar-refractivity contribution in [3.05, 3.63) is 237 Å². The summed E-state index contributed by atoms with van der Waals surface area (Å²) >= 11 is 0. The fraction of sp³-hybridized carbons (Fsp3) is 0.440. The molecule has 0 radical (unpaired) electrons. The summed E-state index contributed by atoms with van der Waals surface area (Å²) in [5.74, 6) is -2.06. The van der Waals surface area contributed by atoms with Gasteiger partial charge in [0, 0.05) is 91.1 Å². The average Bonchev–Trinajstić information content (AvgIpc) is 0.756. The zero-order valence-electron chi connectivity index (χ0n) is 79.4. The van der Waals surface area contributed by atoms with Crippen molar-refractivity contribution in [2.24, 2.45) is 34.4 Å². The predicted octanol–water partition coefficient (Wildman–Crippen LogP) is 21.6. The van der Waals surface area contributed by atoms with E-state index in [2.05, 4.69) is 312 Å². The Bertz CT molecular complexity index is 5390. The Hall–Kier alpha value is -9.94. The molecule has 0 heterocycles. The molecule has 0 aromatic heterocycles. The molecule has 0 aliphatic heterocycles. The van der Waals surface area contributed by atoms with Crippen molar-refractivity contribution < 1.29 is 9.59 Å². The van der Waals surface area contributed by atoms with Gasteiger partial charge in [-0.2, -0.15) is 0 Å². The number of nitrogens with two attached hydrogens (primary N) is 6. The molecule has 8 aromatic rings. The van der Waals surface area contributed by atoms with Gasteiger partial charge in [-0.3, -0.25) is 42.0 Å². The molecule has 0 saturated carbocycles. The molecule has 1 atom stereocenters. The number of guanidine groups is 6. The maximum absolute atomic E-state index is 15.7. The van der Waals surface area contributed by atoms with E-state index >= 15 is 9.59 Å². The van der Waals surface area contributed by atoms with Crippen molar-refractivity contribution in [3.63, 3.8) is 0 Å². The van der Waals surface area contributed by atoms with Crippen molar-refractivity contribution >= 4 is 162 Å². The van der Waals surface area contributed by atoms with Gasteiger partial charge in [-0.25, -0.2) is 0 Å². The zero-order chi connectivity index (χ0) is 90.5. The highest BCUT2D eigenvalue weighted by molar-refractivity contribution is 5.99. The molecule has 2 amide bonds. The monoisotopic (exact) mass is 1870 g/mol. The minimum absolute atomic E-state index is 0. The standard InChI is InChI=1S/C100H138N20O2.6ClH/c1-93(2,3)68-31-53-29-54-38-69(94(4,5)6)42-58(80(54)115-87(101)102)34-61-45-74(99(19,20)21)50-66(84(61)119-91(109)110)37-67-51-75(100(22,23)24)52-76(86(67)120-92(111)112)85(55(30-53)39-68)114-78(122)28-26-25-27-77(121)113-79-56-32-59-43-71(96(10,11)12)46-62(81(59)116-88(103)104)35-64-48-73(98(16,17)18)49-65(83(64)118-90(107)108)36-63-47-72(97(13,14)15)44-60(82(63)117-89(105)106)33-57(79)41-70(40-56)95(7,8)9;;;;;;/h30-31,38-52,85H,25-29,32-37H2,1-24H3,(H,113,121)(H,114,122)(H4,101,102,115)(H4,103,104,116)(H4,105,106,117)(H4,107,108,118)(H4,109,110,119)(H4,111,112,120);6*1H. The first-order chi connectivity index (χ1) is 56.2. The van der Waals surface area contributed by atoms with Crippen molar-refractivity contribution in [1.82, 2.24) is 5.32 Å². The van der Waals surface area contributed by atoms with E-state index in [0.29, 0.717) is 83.9 Å². The number of hydrogen-bond acceptors (Lipinski definition) is 8. The van der Waals surface area contributed by atoms with Gasteiger partial charge in [0.05, 0.1) is 11.7 Å². The van der Waals surface area contributed by atoms with Crippen LogP contribution in [-0.2, 0) is 97.9 Å². The average molecular weight is 1870 g/mol. The first kappa shape index (κ1) is 110. The van der Waals surface area contributed by atoms with Crippen LogP contribution in [0.1, 0.15) is 331 Å². The Morgan fingerprint density at radius 1 is 0.258 bits per heavy atom. The number of hydrogen-bond donors (Lipinski definition) is 20. The molecule has 0 spiro atoms. The van der Waals surface area contributed by atoms with Gasteiger partial charge in [0.1, 0.15) is 0 Å². The number of amides is 2. The van der Waals surface area contributed by atoms with Crippen molar-refractivity contribution in [1.29, 1.82) is 32.5 Å². The highest BCUT2D eigenvalue weighted by Gasteiger charge is 2.35. The van der Waals surface area contributed by atoms with Gasteiger partial charge in [0.2, 0.25) is 11.8 Å². The Balaban J connectivity index is 0.00000572. The summed E-state index contributed by atoms with van der Waals surface area (Å²) in [4.78, 5) is 31.3. The summed E-state index contributed by atoms with van der Waals surface area (Å²) in [7, 11) is 0. The smallest absolute Gasteiger partial charge is 0.224 e. The first-order valence-electron chi connectivity index (χ1n) is 42.7. The molecule has 8 aromatic carbocycles. The molecule has 16 bridgehead atoms. The number of unbranched alkanes of at least 4 members (excludes halogenated alkanes) is 1. The van der Waals surface area contributed by atoms with Crippen molar-refractivity contribution in [2.75, 3.05) is 37.2 Å². The molecule has 2 aliphatic rings. The van der Waals surface area contributed by atoms with Crippen LogP contribution in [0, 0.1) is 32.5 Å². The second kappa shape index (κ2) is 41.9. The topological polar surface area (TPSA) is 430 Å². The predicted molar refractivity (Wildman–Crippen MR) is 555 cm³/mol. The molecule has 22 nitrogen and oxygen atoms in total. The van der Waals surface area contributed by atoms with Crippen LogP contribution in [0.4, 0.5) is 39.8 Å². The number of benzene rings is 8. The number of nitrogens with one attached hydrogen (secondary N) is 14. The van der Waals surface area contributed by atoms with Gasteiger partial charge in [0.15, 0.2) is 35.8 Å². The van der Waals surface area contributed by atoms with Crippen LogP contribution in [0.5, 0.6) is 0 Å². The molecule has 10 rings (SSSR count). The van der Waals surface area contributed by atoms with E-state index < -0.39 is 22.3 Å². The third-order valence-corrected chi connectivity index (χ3v) is 23.5. The van der Waals surface area contributed by atoms with E-state index in [4.69, 9.17) is 66.9 Å². The summed E-state index contributed by atoms with van der Waals surface area (Å²) < 4.78 is 0. The molecule has 698 valence electrons. The summed E-state index contributed by atoms with van der Waals surface area (Å²) in [6, 6.07) is 36.2. The molecular weight excluding hydrogens is 1730 g/mol. The maximum atomic E-state index is 15.7. The summed E-state index contributed by atoms with van der Waals surface area (Å²) in [5.41, 5.74) is 61.7. The fourth-order valence-corrected chi connectivity index (χ4v) is 16.5. The maximum Gasteiger partial charge on any atom is 0.224 e. The van der Waals surface area contributed by atoms with Crippen LogP contribution >= 0.6 is 74.4 Å². The van der Waals surface area contributed by atoms with E-state index in [0.717, 1.165) is 128 Å². The molecule has 2 aliphatic carbocycles. The Morgan fingerprint density at radius 3 is 0.672 bits per heavy atom. The molecule has 128 heavy (non-hydrogen) atoms. The number of anilines is 7. The quantitative estimate of drug-likeness (QED) is 0.0290. The van der Waals surface area contributed by atoms with Crippen LogP contribution in [0.2, 0.25) is 0 Å². The lowest BCUT2D eigenvalue weighted by molar-refractivity contribution is -0.122. The summed E-state index contributed by atoms with van der Waals surface area (Å²) in [6.07, 6.45) is 2.91. The summed E-state index contributed by atoms with van der Waals surface area (Å²) in [6.45, 7) is 52.2. The van der Waals surface area contributed by atoms with E-state index in [9.17, 15) is 0 Å². The number of halogens is 6. The zero-order valence-corrected chi connectivity index (χ0v) is 84.3. The van der Waals surface area contributed by atoms with E-state index in [1.54, 1.807) is 0 Å². The largest absolute Gasteiger partial charge is 0.370 e. The highest BCUT2D eigenvalue weighted by Crippen LogP contribution is 2.47. The van der Waals surface area contributed by atoms with E-state index in [1.165, 1.54) is 0 Å². The minimum atomic E-state index is -0.873. The molecule has 0 saturated heterocycles. The Morgan fingerprint density at radius 2 is 0.445 bits per heavy atom. The van der Waals surface area contributed by atoms with Gasteiger partial charge in [-0.05, 0) is 191 Å². The van der Waals surface area contributed by atoms with E-state index in [1.807, 2.05) is 0 Å². The lowest BCUT2D eigenvalue weighted by Crippen LogP contribution is -2.32. The minimum Gasteiger partial charge on any atom is -0.370 e. The SMILES string of the molecule is CC(C)(C)c1cc2cc(c1)C(NC(=O)CCCCC(=O)Nc1c3cc(C(C)(C)C)cc1Cc1cc(C(C)(C)C)cc(c1NC(=N)N)Cc1cc(C(C)(C)C)cc(c1NC(=N)N)Cc1cc(C(C)(C)C)cc(c1NC(=N)N)C3)c1cc(C(C)(C)C)cc(c1NC(=N)N)Cc1cc(C(C)(C)C)cc(c1NC(=N)N)Cc1cc(C(C)(C)C)cc(c1NC(=N)N)C2.Cl.Cl.Cl.Cl.Cl.Cl. The number of carbonyl (C=O) groups is 2. The molecule has 0 fully saturated rings. The second-order valence-electron chi connectivity index (χ2n) is 42.3. The highest BCUT2D eigenvalue weighted by atomic mass is 35.5. The number of rotatable bonds is 13. The Kier molecular flexibility index (Phi) is 36.1. The number of carbonyl (C=O) groups excluding carboxylic acids is 2. The Labute approximate surface area is 798 Å². The molecular formula is C100H144Cl6N20O2. The fourth-order valence-electron chi connectivity index (χ4n) is 16.5. The van der Waals surface area contributed by atoms with Crippen molar-refractivity contribution in [3.8, 4) is 0 Å². The molecule has 28 heteroatoms. The molecule has 26 N–H and O–H groups in total. The van der Waals surface area contributed by atoms with Crippen LogP contribution in [0.15, 0.2) is 103 Å². The van der Waals surface area contributed by atoms with Crippen LogP contribution < -0.4 is 76.9 Å². The van der Waals surface area contributed by atoms with Crippen LogP contribution in [0.3, 0.4) is 0 Å². The van der Waals surface area contributed by atoms with Gasteiger partial charge in [-0.15, -0.1) is 74.4 Å². The molecule has 1 unspecified atom stereocenters. The third kappa shape index (κ3) is 27.3. The normalized spacial score (nSPS) is 13.4. The number of fused-ring (bicyclic) bond motifs is 16. The second-order valence-corrected chi connectivity index (χ2v) is 42.3. The van der Waals surface area contributed by atoms with Gasteiger partial charge >= 0.3 is 0 Å².